The molecule has 21 heavy (non-hydrogen) atoms. The second-order valence-corrected chi connectivity index (χ2v) is 5.14. The number of hydrogen-bond donors (Lipinski definition) is 2. The number of phenols is 2. The summed E-state index contributed by atoms with van der Waals surface area (Å²) in [5.74, 6) is 0.409. The van der Waals surface area contributed by atoms with Crippen LogP contribution >= 0.6 is 0 Å². The van der Waals surface area contributed by atoms with E-state index in [9.17, 15) is 15.0 Å². The second kappa shape index (κ2) is 6.31. The lowest BCUT2D eigenvalue weighted by molar-refractivity contribution is -0.129. The quantitative estimate of drug-likeness (QED) is 0.633. The number of carbonyl (C=O) groups is 1. The highest BCUT2D eigenvalue weighted by Crippen LogP contribution is 2.36. The number of benzene rings is 2. The Bertz CT molecular complexity index is 542. The van der Waals surface area contributed by atoms with Crippen molar-refractivity contribution in [2.45, 2.75) is 18.8 Å². The Labute approximate surface area is 123 Å². The van der Waals surface area contributed by atoms with E-state index >= 15 is 0 Å². The van der Waals surface area contributed by atoms with Gasteiger partial charge in [0.25, 0.3) is 6.47 Å². The van der Waals surface area contributed by atoms with E-state index in [-0.39, 0.29) is 16.9 Å². The Morgan fingerprint density at radius 3 is 1.76 bits per heavy atom. The van der Waals surface area contributed by atoms with Gasteiger partial charge in [0, 0.05) is 5.41 Å². The largest absolute Gasteiger partial charge is 0.508 e. The van der Waals surface area contributed by atoms with Gasteiger partial charge in [0.1, 0.15) is 11.5 Å². The van der Waals surface area contributed by atoms with Crippen LogP contribution in [0.2, 0.25) is 0 Å². The fourth-order valence-corrected chi connectivity index (χ4v) is 2.43. The van der Waals surface area contributed by atoms with E-state index in [1.54, 1.807) is 24.3 Å². The molecule has 0 saturated carbocycles. The molecule has 0 saturated heterocycles. The van der Waals surface area contributed by atoms with E-state index in [0.29, 0.717) is 19.5 Å². The van der Waals surface area contributed by atoms with E-state index in [1.165, 1.54) is 0 Å². The topological polar surface area (TPSA) is 66.8 Å². The van der Waals surface area contributed by atoms with Gasteiger partial charge in [-0.25, -0.2) is 0 Å². The van der Waals surface area contributed by atoms with Gasteiger partial charge < -0.3 is 14.9 Å². The minimum atomic E-state index is -0.385. The van der Waals surface area contributed by atoms with Crippen molar-refractivity contribution in [1.29, 1.82) is 0 Å². The number of carbonyl (C=O) groups excluding carboxylic acids is 1. The second-order valence-electron chi connectivity index (χ2n) is 5.14. The lowest BCUT2D eigenvalue weighted by atomic mass is 9.74. The van der Waals surface area contributed by atoms with Crippen LogP contribution in [0.5, 0.6) is 11.5 Å². The van der Waals surface area contributed by atoms with Gasteiger partial charge in [0.05, 0.1) is 6.61 Å². The fourth-order valence-electron chi connectivity index (χ4n) is 2.43. The molecule has 0 heterocycles. The van der Waals surface area contributed by atoms with Crippen molar-refractivity contribution >= 4 is 6.47 Å². The average Bonchev–Trinajstić information content (AvgIpc) is 2.48. The SMILES string of the molecule is CC(CCOC=O)(c1ccc(O)cc1)c1ccc(O)cc1. The molecule has 4 nitrogen and oxygen atoms in total. The molecule has 0 atom stereocenters. The summed E-state index contributed by atoms with van der Waals surface area (Å²) in [6.07, 6.45) is 0.599. The maximum Gasteiger partial charge on any atom is 0.293 e. The molecule has 0 unspecified atom stereocenters. The summed E-state index contributed by atoms with van der Waals surface area (Å²) in [5.41, 5.74) is 1.62. The third-order valence-corrected chi connectivity index (χ3v) is 3.80. The first-order valence-electron chi connectivity index (χ1n) is 6.70. The summed E-state index contributed by atoms with van der Waals surface area (Å²) in [7, 11) is 0. The number of aromatic hydroxyl groups is 2. The molecule has 2 aromatic rings. The fraction of sp³-hybridized carbons (Fsp3) is 0.235. The van der Waals surface area contributed by atoms with Crippen LogP contribution in [0.3, 0.4) is 0 Å². The molecule has 4 heteroatoms. The molecule has 0 spiro atoms. The first-order valence-corrected chi connectivity index (χ1v) is 6.70. The third-order valence-electron chi connectivity index (χ3n) is 3.80. The molecular formula is C17H18O4. The molecule has 0 aliphatic carbocycles. The zero-order valence-electron chi connectivity index (χ0n) is 11.8. The Balaban J connectivity index is 2.39. The Hall–Kier alpha value is -2.49. The standard InChI is InChI=1S/C17H18O4/c1-17(10-11-21-12-18,13-2-6-15(19)7-3-13)14-4-8-16(20)9-5-14/h2-9,12,19-20H,10-11H2,1H3. The number of ether oxygens (including phenoxy) is 1. The minimum absolute atomic E-state index is 0.205. The van der Waals surface area contributed by atoms with Crippen LogP contribution in [0, 0.1) is 0 Å². The molecule has 0 aromatic heterocycles. The van der Waals surface area contributed by atoms with E-state index in [2.05, 4.69) is 0 Å². The minimum Gasteiger partial charge on any atom is -0.508 e. The molecule has 0 amide bonds. The lowest BCUT2D eigenvalue weighted by Crippen LogP contribution is -2.25. The van der Waals surface area contributed by atoms with Crippen molar-refractivity contribution in [3.05, 3.63) is 59.7 Å². The average molecular weight is 286 g/mol. The van der Waals surface area contributed by atoms with Gasteiger partial charge in [-0.3, -0.25) is 4.79 Å². The van der Waals surface area contributed by atoms with Crippen molar-refractivity contribution in [3.63, 3.8) is 0 Å². The third kappa shape index (κ3) is 3.34. The monoisotopic (exact) mass is 286 g/mol. The summed E-state index contributed by atoms with van der Waals surface area (Å²) in [6.45, 7) is 2.77. The Morgan fingerprint density at radius 2 is 1.38 bits per heavy atom. The smallest absolute Gasteiger partial charge is 0.293 e. The first-order chi connectivity index (χ1) is 10.1. The summed E-state index contributed by atoms with van der Waals surface area (Å²) in [5, 5.41) is 18.9. The molecular weight excluding hydrogens is 268 g/mol. The van der Waals surface area contributed by atoms with Crippen LogP contribution in [-0.4, -0.2) is 23.3 Å². The predicted molar refractivity (Wildman–Crippen MR) is 79.3 cm³/mol. The molecule has 0 aliphatic heterocycles. The van der Waals surface area contributed by atoms with Crippen LogP contribution in [0.4, 0.5) is 0 Å². The highest BCUT2D eigenvalue weighted by Gasteiger charge is 2.29. The van der Waals surface area contributed by atoms with Gasteiger partial charge in [-0.2, -0.15) is 0 Å². The van der Waals surface area contributed by atoms with Crippen LogP contribution in [0.1, 0.15) is 24.5 Å². The number of hydrogen-bond acceptors (Lipinski definition) is 4. The maximum absolute atomic E-state index is 10.4. The van der Waals surface area contributed by atoms with Crippen LogP contribution in [0.15, 0.2) is 48.5 Å². The predicted octanol–water partition coefficient (Wildman–Crippen LogP) is 2.97. The van der Waals surface area contributed by atoms with Gasteiger partial charge >= 0.3 is 0 Å². The highest BCUT2D eigenvalue weighted by atomic mass is 16.5. The van der Waals surface area contributed by atoms with Crippen LogP contribution in [-0.2, 0) is 14.9 Å². The van der Waals surface area contributed by atoms with Crippen molar-refractivity contribution in [2.75, 3.05) is 6.61 Å². The van der Waals surface area contributed by atoms with Crippen molar-refractivity contribution in [2.24, 2.45) is 0 Å². The van der Waals surface area contributed by atoms with Gasteiger partial charge in [-0.1, -0.05) is 31.2 Å². The van der Waals surface area contributed by atoms with Gasteiger partial charge in [0.15, 0.2) is 0 Å². The van der Waals surface area contributed by atoms with E-state index < -0.39 is 0 Å². The maximum atomic E-state index is 10.4. The van der Waals surface area contributed by atoms with Gasteiger partial charge in [-0.05, 0) is 41.8 Å². The molecule has 110 valence electrons. The molecule has 2 aromatic carbocycles. The molecule has 0 radical (unpaired) electrons. The molecule has 2 rings (SSSR count). The summed E-state index contributed by atoms with van der Waals surface area (Å²) >= 11 is 0. The van der Waals surface area contributed by atoms with Crippen LogP contribution in [0.25, 0.3) is 0 Å². The zero-order valence-corrected chi connectivity index (χ0v) is 11.8. The van der Waals surface area contributed by atoms with E-state index in [1.807, 2.05) is 31.2 Å². The van der Waals surface area contributed by atoms with Crippen molar-refractivity contribution in [1.82, 2.24) is 0 Å². The Morgan fingerprint density at radius 1 is 0.952 bits per heavy atom. The highest BCUT2D eigenvalue weighted by molar-refractivity contribution is 5.42. The first kappa shape index (κ1) is 14.9. The Kier molecular flexibility index (Phi) is 4.48. The van der Waals surface area contributed by atoms with Crippen LogP contribution < -0.4 is 0 Å². The summed E-state index contributed by atoms with van der Waals surface area (Å²) in [4.78, 5) is 10.4. The summed E-state index contributed by atoms with van der Waals surface area (Å²) < 4.78 is 4.84. The van der Waals surface area contributed by atoms with E-state index in [4.69, 9.17) is 4.74 Å². The zero-order chi connectivity index (χ0) is 15.3. The number of phenolic OH excluding ortho intramolecular Hbond substituents is 2. The molecule has 0 aliphatic rings. The van der Waals surface area contributed by atoms with E-state index in [0.717, 1.165) is 11.1 Å². The van der Waals surface area contributed by atoms with Crippen molar-refractivity contribution in [3.8, 4) is 11.5 Å². The van der Waals surface area contributed by atoms with Gasteiger partial charge in [0.2, 0.25) is 0 Å². The molecule has 0 fully saturated rings. The molecule has 0 bridgehead atoms. The molecule has 2 N–H and O–H groups in total. The van der Waals surface area contributed by atoms with Gasteiger partial charge in [-0.15, -0.1) is 0 Å². The summed E-state index contributed by atoms with van der Waals surface area (Å²) in [6, 6.07) is 13.9. The number of rotatable bonds is 6. The lowest BCUT2D eigenvalue weighted by Gasteiger charge is -2.30. The normalized spacial score (nSPS) is 11.1. The van der Waals surface area contributed by atoms with Crippen molar-refractivity contribution < 1.29 is 19.7 Å².